The summed E-state index contributed by atoms with van der Waals surface area (Å²) in [5.41, 5.74) is 0.411. The molecule has 1 aliphatic heterocycles. The fraction of sp³-hybridized carbons (Fsp3) is 0.588. The Labute approximate surface area is 137 Å². The largest absolute Gasteiger partial charge is 0.497 e. The lowest BCUT2D eigenvalue weighted by Crippen LogP contribution is -2.57. The van der Waals surface area contributed by atoms with E-state index < -0.39 is 5.54 Å². The number of amides is 1. The molecule has 6 nitrogen and oxygen atoms in total. The van der Waals surface area contributed by atoms with Gasteiger partial charge in [-0.2, -0.15) is 0 Å². The third-order valence-electron chi connectivity index (χ3n) is 4.51. The molecule has 1 saturated heterocycles. The predicted molar refractivity (Wildman–Crippen MR) is 87.9 cm³/mol. The maximum atomic E-state index is 12.5. The highest BCUT2D eigenvalue weighted by Gasteiger charge is 2.47. The summed E-state index contributed by atoms with van der Waals surface area (Å²) in [6, 6.07) is 5.76. The molecule has 0 bridgehead atoms. The Morgan fingerprint density at radius 3 is 2.70 bits per heavy atom. The van der Waals surface area contributed by atoms with Crippen LogP contribution in [0.25, 0.3) is 0 Å². The summed E-state index contributed by atoms with van der Waals surface area (Å²) in [7, 11) is 6.58. The van der Waals surface area contributed by atoms with Crippen LogP contribution in [0.3, 0.4) is 0 Å². The van der Waals surface area contributed by atoms with E-state index in [1.165, 1.54) is 0 Å². The molecular formula is C17H26N2O4. The average Bonchev–Trinajstić information content (AvgIpc) is 2.98. The Bertz CT molecular complexity index is 549. The van der Waals surface area contributed by atoms with E-state index in [2.05, 4.69) is 10.2 Å². The van der Waals surface area contributed by atoms with Gasteiger partial charge in [-0.25, -0.2) is 0 Å². The third-order valence-corrected chi connectivity index (χ3v) is 4.51. The van der Waals surface area contributed by atoms with Gasteiger partial charge in [0.15, 0.2) is 0 Å². The van der Waals surface area contributed by atoms with Crippen LogP contribution in [0.2, 0.25) is 0 Å². The molecule has 1 aromatic rings. The first-order chi connectivity index (χ1) is 11.1. The van der Waals surface area contributed by atoms with E-state index in [4.69, 9.17) is 14.2 Å². The Hall–Kier alpha value is -1.79. The smallest absolute Gasteiger partial charge is 0.242 e. The Morgan fingerprint density at radius 1 is 1.30 bits per heavy atom. The zero-order valence-electron chi connectivity index (χ0n) is 14.3. The Kier molecular flexibility index (Phi) is 5.85. The lowest BCUT2D eigenvalue weighted by atomic mass is 9.95. The average molecular weight is 322 g/mol. The SMILES string of the molecule is CNC(=O)C1(COC)CCCN1Cc1ccc(OC)cc1OC. The van der Waals surface area contributed by atoms with Crippen molar-refractivity contribution < 1.29 is 19.0 Å². The van der Waals surface area contributed by atoms with Crippen molar-refractivity contribution in [1.29, 1.82) is 0 Å². The molecule has 1 unspecified atom stereocenters. The van der Waals surface area contributed by atoms with Crippen molar-refractivity contribution in [2.24, 2.45) is 0 Å². The van der Waals surface area contributed by atoms with Gasteiger partial charge in [0.2, 0.25) is 5.91 Å². The summed E-state index contributed by atoms with van der Waals surface area (Å²) in [4.78, 5) is 14.7. The molecule has 0 aromatic heterocycles. The second-order valence-electron chi connectivity index (χ2n) is 5.75. The first kappa shape index (κ1) is 17.6. The maximum Gasteiger partial charge on any atom is 0.242 e. The van der Waals surface area contributed by atoms with Crippen LogP contribution in [-0.4, -0.2) is 57.9 Å². The van der Waals surface area contributed by atoms with Gasteiger partial charge in [0.05, 0.1) is 20.8 Å². The third kappa shape index (κ3) is 3.43. The fourth-order valence-corrected chi connectivity index (χ4v) is 3.31. The first-order valence-electron chi connectivity index (χ1n) is 7.78. The van der Waals surface area contributed by atoms with Crippen LogP contribution >= 0.6 is 0 Å². The molecule has 128 valence electrons. The number of hydrogen-bond acceptors (Lipinski definition) is 5. The number of likely N-dealkylation sites (N-methyl/N-ethyl adjacent to an activating group) is 1. The molecule has 1 heterocycles. The van der Waals surface area contributed by atoms with Gasteiger partial charge in [-0.3, -0.25) is 9.69 Å². The number of carbonyl (C=O) groups is 1. The molecule has 23 heavy (non-hydrogen) atoms. The number of methoxy groups -OCH3 is 3. The summed E-state index contributed by atoms with van der Waals surface area (Å²) < 4.78 is 16.1. The number of carbonyl (C=O) groups excluding carboxylic acids is 1. The Balaban J connectivity index is 2.28. The van der Waals surface area contributed by atoms with E-state index in [0.29, 0.717) is 13.2 Å². The van der Waals surface area contributed by atoms with Crippen molar-refractivity contribution in [3.8, 4) is 11.5 Å². The molecule has 0 spiro atoms. The van der Waals surface area contributed by atoms with Gasteiger partial charge in [0.1, 0.15) is 17.0 Å². The number of benzene rings is 1. The van der Waals surface area contributed by atoms with Gasteiger partial charge < -0.3 is 19.5 Å². The van der Waals surface area contributed by atoms with Crippen LogP contribution in [-0.2, 0) is 16.1 Å². The molecule has 6 heteroatoms. The highest BCUT2D eigenvalue weighted by atomic mass is 16.5. The summed E-state index contributed by atoms with van der Waals surface area (Å²) in [6.07, 6.45) is 1.76. The van der Waals surface area contributed by atoms with Gasteiger partial charge in [0.25, 0.3) is 0 Å². The van der Waals surface area contributed by atoms with E-state index >= 15 is 0 Å². The van der Waals surface area contributed by atoms with Crippen LogP contribution < -0.4 is 14.8 Å². The van der Waals surface area contributed by atoms with E-state index in [-0.39, 0.29) is 5.91 Å². The van der Waals surface area contributed by atoms with Crippen molar-refractivity contribution >= 4 is 5.91 Å². The minimum Gasteiger partial charge on any atom is -0.497 e. The number of likely N-dealkylation sites (tertiary alicyclic amines) is 1. The predicted octanol–water partition coefficient (Wildman–Crippen LogP) is 1.43. The molecule has 1 N–H and O–H groups in total. The maximum absolute atomic E-state index is 12.5. The van der Waals surface area contributed by atoms with Crippen molar-refractivity contribution in [3.05, 3.63) is 23.8 Å². The van der Waals surface area contributed by atoms with Crippen molar-refractivity contribution in [3.63, 3.8) is 0 Å². The number of ether oxygens (including phenoxy) is 3. The topological polar surface area (TPSA) is 60.0 Å². The summed E-state index contributed by atoms with van der Waals surface area (Å²) in [5.74, 6) is 1.52. The molecule has 0 radical (unpaired) electrons. The van der Waals surface area contributed by atoms with Crippen molar-refractivity contribution in [2.75, 3.05) is 41.5 Å². The lowest BCUT2D eigenvalue weighted by Gasteiger charge is -2.36. The summed E-state index contributed by atoms with van der Waals surface area (Å²) in [5, 5.41) is 2.78. The zero-order valence-corrected chi connectivity index (χ0v) is 14.3. The van der Waals surface area contributed by atoms with Crippen LogP contribution in [0.4, 0.5) is 0 Å². The number of hydrogen-bond donors (Lipinski definition) is 1. The van der Waals surface area contributed by atoms with E-state index in [1.807, 2.05) is 18.2 Å². The van der Waals surface area contributed by atoms with Gasteiger partial charge >= 0.3 is 0 Å². The number of nitrogens with zero attached hydrogens (tertiary/aromatic N) is 1. The minimum atomic E-state index is -0.617. The van der Waals surface area contributed by atoms with Crippen LogP contribution in [0.15, 0.2) is 18.2 Å². The fourth-order valence-electron chi connectivity index (χ4n) is 3.31. The van der Waals surface area contributed by atoms with Crippen LogP contribution in [0, 0.1) is 0 Å². The molecule has 1 atom stereocenters. The molecule has 0 aliphatic carbocycles. The van der Waals surface area contributed by atoms with Crippen LogP contribution in [0.1, 0.15) is 18.4 Å². The van der Waals surface area contributed by atoms with Gasteiger partial charge in [-0.1, -0.05) is 6.07 Å². The van der Waals surface area contributed by atoms with E-state index in [9.17, 15) is 4.79 Å². The molecule has 2 rings (SSSR count). The summed E-state index contributed by atoms with van der Waals surface area (Å²) >= 11 is 0. The van der Waals surface area contributed by atoms with Gasteiger partial charge in [0, 0.05) is 32.3 Å². The normalized spacial score (nSPS) is 21.2. The second kappa shape index (κ2) is 7.66. The van der Waals surface area contributed by atoms with Crippen LogP contribution in [0.5, 0.6) is 11.5 Å². The molecule has 1 aliphatic rings. The van der Waals surface area contributed by atoms with Crippen molar-refractivity contribution in [1.82, 2.24) is 10.2 Å². The van der Waals surface area contributed by atoms with Crippen molar-refractivity contribution in [2.45, 2.75) is 24.9 Å². The van der Waals surface area contributed by atoms with E-state index in [0.717, 1.165) is 36.4 Å². The molecule has 0 saturated carbocycles. The second-order valence-corrected chi connectivity index (χ2v) is 5.75. The molecule has 1 aromatic carbocycles. The highest BCUT2D eigenvalue weighted by Crippen LogP contribution is 2.34. The zero-order chi connectivity index (χ0) is 16.9. The monoisotopic (exact) mass is 322 g/mol. The first-order valence-corrected chi connectivity index (χ1v) is 7.78. The minimum absolute atomic E-state index is 0.00401. The number of rotatable bonds is 7. The standard InChI is InChI=1S/C17H26N2O4/c1-18-16(20)17(12-21-2)8-5-9-19(17)11-13-6-7-14(22-3)10-15(13)23-4/h6-7,10H,5,8-9,11-12H2,1-4H3,(H,18,20). The summed E-state index contributed by atoms with van der Waals surface area (Å²) in [6.45, 7) is 1.86. The van der Waals surface area contributed by atoms with Gasteiger partial charge in [-0.15, -0.1) is 0 Å². The highest BCUT2D eigenvalue weighted by molar-refractivity contribution is 5.86. The molecule has 1 amide bonds. The molecular weight excluding hydrogens is 296 g/mol. The molecule has 1 fully saturated rings. The quantitative estimate of drug-likeness (QED) is 0.823. The van der Waals surface area contributed by atoms with Gasteiger partial charge in [-0.05, 0) is 25.5 Å². The number of nitrogens with one attached hydrogen (secondary N) is 1. The van der Waals surface area contributed by atoms with E-state index in [1.54, 1.807) is 28.4 Å². The Morgan fingerprint density at radius 2 is 2.09 bits per heavy atom. The lowest BCUT2D eigenvalue weighted by molar-refractivity contribution is -0.135.